The molecule has 0 amide bonds. The maximum Gasteiger partial charge on any atom is 0.401 e. The first-order valence-electron chi connectivity index (χ1n) is 6.34. The summed E-state index contributed by atoms with van der Waals surface area (Å²) in [6.45, 7) is 5.98. The van der Waals surface area contributed by atoms with E-state index in [0.29, 0.717) is 19.1 Å². The van der Waals surface area contributed by atoms with Gasteiger partial charge in [0.15, 0.2) is 0 Å². The minimum Gasteiger partial charge on any atom is -0.313 e. The maximum atomic E-state index is 12.3. The highest BCUT2D eigenvalue weighted by Gasteiger charge is 2.32. The summed E-state index contributed by atoms with van der Waals surface area (Å²) in [5.41, 5.74) is 0. The van der Waals surface area contributed by atoms with Crippen LogP contribution in [-0.2, 0) is 0 Å². The van der Waals surface area contributed by atoms with Crippen LogP contribution >= 0.6 is 0 Å². The Labute approximate surface area is 102 Å². The molecule has 1 N–H and O–H groups in total. The van der Waals surface area contributed by atoms with Crippen LogP contribution in [0.5, 0.6) is 0 Å². The number of hydrogen-bond donors (Lipinski definition) is 1. The van der Waals surface area contributed by atoms with Crippen LogP contribution in [0.4, 0.5) is 13.2 Å². The lowest BCUT2D eigenvalue weighted by Gasteiger charge is -2.28. The summed E-state index contributed by atoms with van der Waals surface area (Å²) in [6.07, 6.45) is -1.60. The van der Waals surface area contributed by atoms with Crippen molar-refractivity contribution in [1.82, 2.24) is 10.2 Å². The highest BCUT2D eigenvalue weighted by atomic mass is 19.4. The van der Waals surface area contributed by atoms with Gasteiger partial charge in [-0.05, 0) is 39.5 Å². The van der Waals surface area contributed by atoms with Crippen molar-refractivity contribution in [2.45, 2.75) is 51.9 Å². The van der Waals surface area contributed by atoms with Crippen LogP contribution in [0.25, 0.3) is 0 Å². The molecule has 2 nitrogen and oxygen atoms in total. The van der Waals surface area contributed by atoms with E-state index in [9.17, 15) is 13.2 Å². The Morgan fingerprint density at radius 2 is 1.82 bits per heavy atom. The third-order valence-corrected chi connectivity index (χ3v) is 3.31. The van der Waals surface area contributed by atoms with Gasteiger partial charge in [0.05, 0.1) is 6.54 Å². The van der Waals surface area contributed by atoms with Gasteiger partial charge in [0.1, 0.15) is 0 Å². The van der Waals surface area contributed by atoms with E-state index in [-0.39, 0.29) is 6.04 Å². The van der Waals surface area contributed by atoms with Crippen LogP contribution in [0.3, 0.4) is 0 Å². The molecule has 0 aromatic carbocycles. The number of hydrogen-bond acceptors (Lipinski definition) is 2. The quantitative estimate of drug-likeness (QED) is 0.749. The van der Waals surface area contributed by atoms with E-state index in [0.717, 1.165) is 5.92 Å². The molecule has 1 saturated carbocycles. The molecule has 0 bridgehead atoms. The molecule has 1 unspecified atom stereocenters. The van der Waals surface area contributed by atoms with Gasteiger partial charge < -0.3 is 5.32 Å². The smallest absolute Gasteiger partial charge is 0.313 e. The van der Waals surface area contributed by atoms with Gasteiger partial charge in [0.25, 0.3) is 0 Å². The van der Waals surface area contributed by atoms with Crippen molar-refractivity contribution in [3.05, 3.63) is 0 Å². The Morgan fingerprint density at radius 1 is 1.24 bits per heavy atom. The molecule has 1 fully saturated rings. The molecular weight excluding hydrogens is 229 g/mol. The van der Waals surface area contributed by atoms with Gasteiger partial charge in [0.2, 0.25) is 0 Å². The normalized spacial score (nSPS) is 19.1. The number of alkyl halides is 3. The molecule has 17 heavy (non-hydrogen) atoms. The average molecular weight is 252 g/mol. The number of halogens is 3. The second-order valence-corrected chi connectivity index (χ2v) is 5.26. The summed E-state index contributed by atoms with van der Waals surface area (Å²) >= 11 is 0. The monoisotopic (exact) mass is 252 g/mol. The van der Waals surface area contributed by atoms with Crippen molar-refractivity contribution < 1.29 is 13.2 Å². The van der Waals surface area contributed by atoms with E-state index in [2.05, 4.69) is 12.2 Å². The van der Waals surface area contributed by atoms with Crippen molar-refractivity contribution in [1.29, 1.82) is 0 Å². The van der Waals surface area contributed by atoms with Gasteiger partial charge in [-0.3, -0.25) is 4.90 Å². The van der Waals surface area contributed by atoms with E-state index in [1.807, 2.05) is 0 Å². The van der Waals surface area contributed by atoms with Gasteiger partial charge in [-0.15, -0.1) is 0 Å². The van der Waals surface area contributed by atoms with Gasteiger partial charge in [0, 0.05) is 25.2 Å². The summed E-state index contributed by atoms with van der Waals surface area (Å²) < 4.78 is 37.0. The number of nitrogens with one attached hydrogen (secondary N) is 1. The molecule has 0 heterocycles. The van der Waals surface area contributed by atoms with Gasteiger partial charge in [-0.25, -0.2) is 0 Å². The minimum absolute atomic E-state index is 0.0744. The van der Waals surface area contributed by atoms with E-state index in [1.165, 1.54) is 17.7 Å². The summed E-state index contributed by atoms with van der Waals surface area (Å²) in [4.78, 5) is 1.46. The van der Waals surface area contributed by atoms with Crippen molar-refractivity contribution in [3.8, 4) is 0 Å². The second kappa shape index (κ2) is 6.05. The second-order valence-electron chi connectivity index (χ2n) is 5.26. The highest BCUT2D eigenvalue weighted by molar-refractivity contribution is 4.83. The van der Waals surface area contributed by atoms with Gasteiger partial charge in [-0.1, -0.05) is 0 Å². The molecule has 1 aliphatic carbocycles. The van der Waals surface area contributed by atoms with E-state index in [1.54, 1.807) is 13.8 Å². The van der Waals surface area contributed by atoms with Crippen LogP contribution in [0.1, 0.15) is 33.6 Å². The fourth-order valence-corrected chi connectivity index (χ4v) is 1.95. The van der Waals surface area contributed by atoms with Gasteiger partial charge >= 0.3 is 6.18 Å². The first-order valence-corrected chi connectivity index (χ1v) is 6.34. The van der Waals surface area contributed by atoms with Crippen molar-refractivity contribution >= 4 is 0 Å². The zero-order valence-electron chi connectivity index (χ0n) is 10.8. The lowest BCUT2D eigenvalue weighted by Crippen LogP contribution is -2.44. The zero-order valence-corrected chi connectivity index (χ0v) is 10.8. The minimum atomic E-state index is -4.10. The average Bonchev–Trinajstić information content (AvgIpc) is 2.96. The first kappa shape index (κ1) is 14.8. The van der Waals surface area contributed by atoms with Crippen LogP contribution < -0.4 is 5.32 Å². The van der Waals surface area contributed by atoms with Crippen molar-refractivity contribution in [2.24, 2.45) is 5.92 Å². The van der Waals surface area contributed by atoms with Gasteiger partial charge in [-0.2, -0.15) is 13.2 Å². The Hall–Kier alpha value is -0.290. The Bertz CT molecular complexity index is 224. The molecule has 5 heteroatoms. The zero-order chi connectivity index (χ0) is 13.1. The molecular formula is C12H23F3N2. The van der Waals surface area contributed by atoms with Crippen LogP contribution in [0.15, 0.2) is 0 Å². The SMILES string of the molecule is CC(NCCN(CC(F)(F)F)C(C)C)C1CC1. The largest absolute Gasteiger partial charge is 0.401 e. The van der Waals surface area contributed by atoms with Crippen molar-refractivity contribution in [3.63, 3.8) is 0 Å². The van der Waals surface area contributed by atoms with Crippen molar-refractivity contribution in [2.75, 3.05) is 19.6 Å². The summed E-state index contributed by atoms with van der Waals surface area (Å²) in [5, 5.41) is 3.31. The molecule has 0 saturated heterocycles. The summed E-state index contributed by atoms with van der Waals surface area (Å²) in [7, 11) is 0. The van der Waals surface area contributed by atoms with E-state index >= 15 is 0 Å². The molecule has 0 aliphatic heterocycles. The predicted octanol–water partition coefficient (Wildman–Crippen LogP) is 2.65. The highest BCUT2D eigenvalue weighted by Crippen LogP contribution is 2.32. The van der Waals surface area contributed by atoms with E-state index < -0.39 is 12.7 Å². The Morgan fingerprint density at radius 3 is 2.24 bits per heavy atom. The fourth-order valence-electron chi connectivity index (χ4n) is 1.95. The predicted molar refractivity (Wildman–Crippen MR) is 63.0 cm³/mol. The summed E-state index contributed by atoms with van der Waals surface area (Å²) in [6, 6.07) is 0.365. The number of rotatable bonds is 7. The molecule has 1 atom stereocenters. The third kappa shape index (κ3) is 6.27. The molecule has 102 valence electrons. The molecule has 0 aromatic heterocycles. The molecule has 1 rings (SSSR count). The summed E-state index contributed by atoms with van der Waals surface area (Å²) in [5.74, 6) is 0.741. The topological polar surface area (TPSA) is 15.3 Å². The standard InChI is InChI=1S/C12H23F3N2/c1-9(2)17(8-12(13,14)15)7-6-16-10(3)11-4-5-11/h9-11,16H,4-8H2,1-3H3. The van der Waals surface area contributed by atoms with E-state index in [4.69, 9.17) is 0 Å². The van der Waals surface area contributed by atoms with Crippen LogP contribution in [0.2, 0.25) is 0 Å². The van der Waals surface area contributed by atoms with Crippen LogP contribution in [0, 0.1) is 5.92 Å². The molecule has 0 spiro atoms. The number of nitrogens with zero attached hydrogens (tertiary/aromatic N) is 1. The van der Waals surface area contributed by atoms with Crippen LogP contribution in [-0.4, -0.2) is 42.8 Å². The molecule has 0 radical (unpaired) electrons. The first-order chi connectivity index (χ1) is 7.79. The Kier molecular flexibility index (Phi) is 5.25. The fraction of sp³-hybridized carbons (Fsp3) is 1.00. The molecule has 1 aliphatic rings. The molecule has 0 aromatic rings. The third-order valence-electron chi connectivity index (χ3n) is 3.31. The maximum absolute atomic E-state index is 12.3. The Balaban J connectivity index is 2.23. The lowest BCUT2D eigenvalue weighted by molar-refractivity contribution is -0.149. The lowest BCUT2D eigenvalue weighted by atomic mass is 10.2.